The van der Waals surface area contributed by atoms with Crippen molar-refractivity contribution in [2.45, 2.75) is 17.7 Å². The van der Waals surface area contributed by atoms with Gasteiger partial charge in [0.2, 0.25) is 0 Å². The van der Waals surface area contributed by atoms with Crippen molar-refractivity contribution in [3.05, 3.63) is 0 Å². The first-order valence-electron chi connectivity index (χ1n) is 4.03. The molecule has 9 nitrogen and oxygen atoms in total. The van der Waals surface area contributed by atoms with Gasteiger partial charge in [-0.05, 0) is 12.8 Å². The lowest BCUT2D eigenvalue weighted by molar-refractivity contribution is -0.142. The summed E-state index contributed by atoms with van der Waals surface area (Å²) >= 11 is 8.01. The second-order valence-electron chi connectivity index (χ2n) is 2.80. The zero-order valence-corrected chi connectivity index (χ0v) is 11.2. The molecule has 1 saturated heterocycles. The van der Waals surface area contributed by atoms with Gasteiger partial charge in [0.05, 0.1) is 0 Å². The van der Waals surface area contributed by atoms with Gasteiger partial charge < -0.3 is 5.11 Å². The molecule has 0 saturated carbocycles. The zero-order valence-electron chi connectivity index (χ0n) is 8.59. The van der Waals surface area contributed by atoms with E-state index in [1.54, 1.807) is 0 Å². The summed E-state index contributed by atoms with van der Waals surface area (Å²) in [6, 6.07) is 0. The lowest BCUT2D eigenvalue weighted by Gasteiger charge is -2.24. The molecule has 1 heterocycles. The molecule has 0 aliphatic carbocycles. The second kappa shape index (κ2) is 8.10. The van der Waals surface area contributed by atoms with Crippen molar-refractivity contribution in [2.75, 3.05) is 6.54 Å². The number of thiol groups is 2. The molecule has 0 aromatic heterocycles. The fourth-order valence-electron chi connectivity index (χ4n) is 1.01. The maximum absolute atomic E-state index is 10.6. The topological polar surface area (TPSA) is 167 Å². The Morgan fingerprint density at radius 3 is 1.82 bits per heavy atom. The summed E-state index contributed by atoms with van der Waals surface area (Å²) in [4.78, 5) is 9.53. The van der Waals surface area contributed by atoms with E-state index in [1.807, 2.05) is 0 Å². The summed E-state index contributed by atoms with van der Waals surface area (Å²) < 4.78 is 33.0. The first-order valence-corrected chi connectivity index (χ1v) is 6.27. The summed E-state index contributed by atoms with van der Waals surface area (Å²) in [7, 11) is -4.67. The molecule has 1 aliphatic rings. The van der Waals surface area contributed by atoms with Crippen molar-refractivity contribution in [3.8, 4) is 0 Å². The van der Waals surface area contributed by atoms with Gasteiger partial charge >= 0.3 is 16.4 Å². The molecule has 1 rings (SSSR count). The van der Waals surface area contributed by atoms with Crippen molar-refractivity contribution in [3.63, 3.8) is 0 Å². The molecule has 17 heavy (non-hydrogen) atoms. The lowest BCUT2D eigenvalue weighted by Crippen LogP contribution is -2.40. The molecule has 0 spiro atoms. The molecule has 0 amide bonds. The van der Waals surface area contributed by atoms with Crippen LogP contribution in [-0.4, -0.2) is 44.3 Å². The number of carboxylic acids is 1. The molecule has 0 aromatic rings. The average Bonchev–Trinajstić information content (AvgIpc) is 2.49. The van der Waals surface area contributed by atoms with E-state index in [4.69, 9.17) is 22.6 Å². The Hall–Kier alpha value is -0.0800. The van der Waals surface area contributed by atoms with Gasteiger partial charge in [-0.25, -0.2) is 9.10 Å². The van der Waals surface area contributed by atoms with Gasteiger partial charge in [0, 0.05) is 6.54 Å². The van der Waals surface area contributed by atoms with Crippen LogP contribution >= 0.6 is 25.4 Å². The summed E-state index contributed by atoms with van der Waals surface area (Å²) in [6.07, 6.45) is 1.41. The second-order valence-corrected chi connectivity index (χ2v) is 4.91. The first kappa shape index (κ1) is 19.3. The Bertz CT molecular complexity index is 328. The van der Waals surface area contributed by atoms with Gasteiger partial charge in [-0.1, -0.05) is 12.8 Å². The highest BCUT2D eigenvalue weighted by atomic mass is 32.3. The molecule has 1 fully saturated rings. The van der Waals surface area contributed by atoms with E-state index in [9.17, 15) is 4.79 Å². The summed E-state index contributed by atoms with van der Waals surface area (Å²) in [5, 5.41) is 8.68. The van der Waals surface area contributed by atoms with Crippen LogP contribution in [0.1, 0.15) is 12.8 Å². The fourth-order valence-corrected chi connectivity index (χ4v) is 1.59. The largest absolute Gasteiger partial charge is 0.479 e. The third-order valence-electron chi connectivity index (χ3n) is 1.66. The highest BCUT2D eigenvalue weighted by Crippen LogP contribution is 2.34. The SMILES string of the molecule is NN.O=C(O)[C@]1(S)CCCN1S.O=S(=O)(O)O. The lowest BCUT2D eigenvalue weighted by atomic mass is 10.2. The number of hydrogen-bond donors (Lipinski definition) is 7. The molecule has 104 valence electrons. The van der Waals surface area contributed by atoms with Crippen molar-refractivity contribution in [1.29, 1.82) is 0 Å². The molecule has 7 N–H and O–H groups in total. The number of hydrogen-bond acceptors (Lipinski definition) is 8. The Morgan fingerprint density at radius 1 is 1.35 bits per heavy atom. The van der Waals surface area contributed by atoms with E-state index in [2.05, 4.69) is 37.1 Å². The van der Waals surface area contributed by atoms with Crippen molar-refractivity contribution in [1.82, 2.24) is 4.31 Å². The normalized spacial score (nSPS) is 24.1. The predicted octanol–water partition coefficient (Wildman–Crippen LogP) is -1.20. The van der Waals surface area contributed by atoms with E-state index in [0.717, 1.165) is 6.42 Å². The summed E-state index contributed by atoms with van der Waals surface area (Å²) in [5.41, 5.74) is 0. The van der Waals surface area contributed by atoms with Crippen LogP contribution in [0, 0.1) is 0 Å². The monoisotopic (exact) mass is 309 g/mol. The Kier molecular flexibility index (Phi) is 9.18. The van der Waals surface area contributed by atoms with Gasteiger partial charge in [-0.15, -0.1) is 12.6 Å². The molecule has 1 atom stereocenters. The highest BCUT2D eigenvalue weighted by molar-refractivity contribution is 7.84. The molecule has 0 bridgehead atoms. The smallest absolute Gasteiger partial charge is 0.394 e. The molecule has 0 aromatic carbocycles. The Labute approximate surface area is 110 Å². The number of rotatable bonds is 1. The molecular weight excluding hydrogens is 294 g/mol. The number of nitrogens with two attached hydrogens (primary N) is 2. The van der Waals surface area contributed by atoms with Gasteiger partial charge in [0.25, 0.3) is 0 Å². The number of carbonyl (C=O) groups is 1. The van der Waals surface area contributed by atoms with Crippen LogP contribution in [0.2, 0.25) is 0 Å². The first-order chi connectivity index (χ1) is 7.57. The van der Waals surface area contributed by atoms with Gasteiger partial charge in [0.1, 0.15) is 0 Å². The minimum Gasteiger partial charge on any atom is -0.479 e. The number of carboxylic acid groups (broad SMARTS) is 1. The third-order valence-corrected chi connectivity index (χ3v) is 3.02. The highest BCUT2D eigenvalue weighted by Gasteiger charge is 2.43. The van der Waals surface area contributed by atoms with Crippen LogP contribution in [0.15, 0.2) is 0 Å². The maximum Gasteiger partial charge on any atom is 0.394 e. The van der Waals surface area contributed by atoms with Gasteiger partial charge in [0.15, 0.2) is 4.87 Å². The van der Waals surface area contributed by atoms with Crippen LogP contribution in [0.25, 0.3) is 0 Å². The van der Waals surface area contributed by atoms with Crippen LogP contribution in [0.3, 0.4) is 0 Å². The van der Waals surface area contributed by atoms with Crippen molar-refractivity contribution < 1.29 is 27.4 Å². The molecule has 1 aliphatic heterocycles. The summed E-state index contributed by atoms with van der Waals surface area (Å²) in [5.74, 6) is 7.09. The van der Waals surface area contributed by atoms with E-state index < -0.39 is 21.2 Å². The number of aliphatic carboxylic acids is 1. The van der Waals surface area contributed by atoms with E-state index in [1.165, 1.54) is 4.31 Å². The Balaban J connectivity index is 0. The van der Waals surface area contributed by atoms with Crippen LogP contribution in [0.5, 0.6) is 0 Å². The summed E-state index contributed by atoms with van der Waals surface area (Å²) in [6.45, 7) is 0.693. The van der Waals surface area contributed by atoms with Crippen molar-refractivity contribution >= 4 is 41.8 Å². The predicted molar refractivity (Wildman–Crippen MR) is 66.8 cm³/mol. The van der Waals surface area contributed by atoms with E-state index in [-0.39, 0.29) is 0 Å². The molecular formula is C5H15N3O6S3. The van der Waals surface area contributed by atoms with Crippen LogP contribution in [-0.2, 0) is 15.2 Å². The van der Waals surface area contributed by atoms with Crippen molar-refractivity contribution in [2.24, 2.45) is 11.7 Å². The third kappa shape index (κ3) is 8.62. The molecule has 0 radical (unpaired) electrons. The van der Waals surface area contributed by atoms with E-state index in [0.29, 0.717) is 13.0 Å². The maximum atomic E-state index is 10.6. The van der Waals surface area contributed by atoms with Gasteiger partial charge in [-0.2, -0.15) is 8.42 Å². The zero-order chi connectivity index (χ0) is 14.3. The molecule has 0 unspecified atom stereocenters. The minimum absolute atomic E-state index is 0.564. The quantitative estimate of drug-likeness (QED) is 0.136. The number of nitrogens with zero attached hydrogens (tertiary/aromatic N) is 1. The standard InChI is InChI=1S/C5H9NO2S2.H4N2.H2O4S/c7-4(8)5(9)2-1-3-6(5)10;1-2;1-5(2,3)4/h9-10H,1-3H2,(H,7,8);1-2H2;(H2,1,2,3,4)/t5-;;/m1../s1. The van der Waals surface area contributed by atoms with Gasteiger partial charge in [-0.3, -0.25) is 20.8 Å². The van der Waals surface area contributed by atoms with E-state index >= 15 is 0 Å². The fraction of sp³-hybridized carbons (Fsp3) is 0.800. The van der Waals surface area contributed by atoms with Crippen LogP contribution in [0.4, 0.5) is 0 Å². The minimum atomic E-state index is -4.67. The average molecular weight is 309 g/mol. The Morgan fingerprint density at radius 2 is 1.71 bits per heavy atom. The molecule has 12 heteroatoms. The van der Waals surface area contributed by atoms with Crippen LogP contribution < -0.4 is 11.7 Å². The number of hydrazine groups is 1.